The number of aliphatic carboxylic acids is 2. The van der Waals surface area contributed by atoms with Crippen molar-refractivity contribution in [2.45, 2.75) is 31.4 Å². The van der Waals surface area contributed by atoms with Gasteiger partial charge in [-0.05, 0) is 23.8 Å². The Labute approximate surface area is 278 Å². The van der Waals surface area contributed by atoms with E-state index in [0.717, 1.165) is 11.8 Å². The number of carboxylic acids is 2. The number of methoxy groups -OCH3 is 2. The Hall–Kier alpha value is -5.72. The lowest BCUT2D eigenvalue weighted by Gasteiger charge is -2.17. The Morgan fingerprint density at radius 3 is 2.02 bits per heavy atom. The third kappa shape index (κ3) is 13.1. The summed E-state index contributed by atoms with van der Waals surface area (Å²) in [6, 6.07) is 16.7. The Kier molecular flexibility index (Phi) is 14.7. The fraction of sp³-hybridized carbons (Fsp3) is 0.258. The molecule has 0 radical (unpaired) electrons. The number of hydrogen-bond donors (Lipinski definition) is 3. The SMILES string of the molecule is COc1cc(C[C@@H](N)COc2ccc3ncc(F)cc3c2C(=O)OCc2ccccc2)nc(OC)c1.O=C(O)C(F)(F)F.O=C(O)C(F)(F)F. The highest BCUT2D eigenvalue weighted by atomic mass is 19.4. The zero-order valence-electron chi connectivity index (χ0n) is 25.9. The lowest BCUT2D eigenvalue weighted by Crippen LogP contribution is -2.31. The smallest absolute Gasteiger partial charge is 0.490 e. The third-order valence-electron chi connectivity index (χ3n) is 5.89. The second kappa shape index (κ2) is 18.2. The number of rotatable bonds is 10. The van der Waals surface area contributed by atoms with Crippen LogP contribution in [-0.2, 0) is 27.4 Å². The number of hydrogen-bond acceptors (Lipinski definition) is 10. The van der Waals surface area contributed by atoms with E-state index in [-0.39, 0.29) is 24.5 Å². The highest BCUT2D eigenvalue weighted by Gasteiger charge is 2.38. The Morgan fingerprint density at radius 1 is 0.880 bits per heavy atom. The predicted octanol–water partition coefficient (Wildman–Crippen LogP) is 5.36. The summed E-state index contributed by atoms with van der Waals surface area (Å²) in [5.74, 6) is -5.52. The van der Waals surface area contributed by atoms with Gasteiger partial charge in [0.05, 0.1) is 25.9 Å². The van der Waals surface area contributed by atoms with Gasteiger partial charge >= 0.3 is 30.3 Å². The van der Waals surface area contributed by atoms with Crippen LogP contribution in [0.15, 0.2) is 66.9 Å². The molecule has 2 heterocycles. The van der Waals surface area contributed by atoms with Gasteiger partial charge in [0.25, 0.3) is 0 Å². The van der Waals surface area contributed by atoms with Crippen LogP contribution in [0.25, 0.3) is 10.9 Å². The van der Waals surface area contributed by atoms with E-state index in [1.54, 1.807) is 31.4 Å². The van der Waals surface area contributed by atoms with E-state index in [2.05, 4.69) is 9.97 Å². The molecule has 0 saturated heterocycles. The first-order valence-corrected chi connectivity index (χ1v) is 13.7. The van der Waals surface area contributed by atoms with Gasteiger partial charge in [0.1, 0.15) is 36.1 Å². The first kappa shape index (κ1) is 40.5. The van der Waals surface area contributed by atoms with Crippen LogP contribution in [0.4, 0.5) is 30.7 Å². The van der Waals surface area contributed by atoms with Gasteiger partial charge in [-0.15, -0.1) is 0 Å². The Balaban J connectivity index is 0.000000521. The van der Waals surface area contributed by atoms with Gasteiger partial charge in [-0.2, -0.15) is 26.3 Å². The Morgan fingerprint density at radius 2 is 1.48 bits per heavy atom. The molecule has 4 rings (SSSR count). The maximum Gasteiger partial charge on any atom is 0.490 e. The number of esters is 1. The van der Waals surface area contributed by atoms with Crippen molar-refractivity contribution in [3.63, 3.8) is 0 Å². The second-order valence-electron chi connectivity index (χ2n) is 9.64. The second-order valence-corrected chi connectivity index (χ2v) is 9.64. The zero-order valence-corrected chi connectivity index (χ0v) is 25.9. The summed E-state index contributed by atoms with van der Waals surface area (Å²) in [6.07, 6.45) is -8.71. The van der Waals surface area contributed by atoms with E-state index in [1.165, 1.54) is 13.2 Å². The summed E-state index contributed by atoms with van der Waals surface area (Å²) in [4.78, 5) is 39.4. The monoisotopic (exact) mass is 719 g/mol. The number of nitrogens with two attached hydrogens (primary N) is 1. The lowest BCUT2D eigenvalue weighted by atomic mass is 10.1. The highest BCUT2D eigenvalue weighted by Crippen LogP contribution is 2.29. The van der Waals surface area contributed by atoms with Crippen molar-refractivity contribution >= 4 is 28.8 Å². The lowest BCUT2D eigenvalue weighted by molar-refractivity contribution is -0.193. The van der Waals surface area contributed by atoms with Gasteiger partial charge in [-0.1, -0.05) is 30.3 Å². The van der Waals surface area contributed by atoms with Crippen LogP contribution in [0, 0.1) is 5.82 Å². The molecule has 2 aromatic carbocycles. The molecule has 0 spiro atoms. The van der Waals surface area contributed by atoms with Gasteiger partial charge in [0.15, 0.2) is 0 Å². The quantitative estimate of drug-likeness (QED) is 0.141. The topological polar surface area (TPSA) is 180 Å². The van der Waals surface area contributed by atoms with Gasteiger partial charge in [-0.3, -0.25) is 4.98 Å². The normalized spacial score (nSPS) is 11.6. The molecule has 270 valence electrons. The number of nitrogens with zero attached hydrogens (tertiary/aromatic N) is 2. The Bertz CT molecular complexity index is 1710. The summed E-state index contributed by atoms with van der Waals surface area (Å²) in [5, 5.41) is 14.5. The van der Waals surface area contributed by atoms with E-state index >= 15 is 0 Å². The molecule has 1 atom stereocenters. The summed E-state index contributed by atoms with van der Waals surface area (Å²) in [6.45, 7) is 0.121. The molecule has 4 aromatic rings. The molecule has 0 unspecified atom stereocenters. The van der Waals surface area contributed by atoms with E-state index in [4.69, 9.17) is 44.5 Å². The molecule has 0 aliphatic heterocycles. The number of carbonyl (C=O) groups excluding carboxylic acids is 1. The minimum absolute atomic E-state index is 0.0566. The van der Waals surface area contributed by atoms with Crippen molar-refractivity contribution in [2.24, 2.45) is 5.73 Å². The van der Waals surface area contributed by atoms with Gasteiger partial charge < -0.3 is 34.9 Å². The maximum atomic E-state index is 14.0. The molecule has 0 fully saturated rings. The van der Waals surface area contributed by atoms with E-state index in [0.29, 0.717) is 34.6 Å². The molecule has 0 aliphatic rings. The fourth-order valence-corrected chi connectivity index (χ4v) is 3.66. The molecule has 0 aliphatic carbocycles. The zero-order chi connectivity index (χ0) is 37.6. The molecule has 4 N–H and O–H groups in total. The van der Waals surface area contributed by atoms with Crippen molar-refractivity contribution in [3.8, 4) is 17.4 Å². The predicted molar refractivity (Wildman–Crippen MR) is 159 cm³/mol. The number of aromatic nitrogens is 2. The van der Waals surface area contributed by atoms with Crippen LogP contribution in [0.1, 0.15) is 21.6 Å². The van der Waals surface area contributed by atoms with Crippen molar-refractivity contribution in [2.75, 3.05) is 20.8 Å². The van der Waals surface area contributed by atoms with Crippen LogP contribution >= 0.6 is 0 Å². The van der Waals surface area contributed by atoms with Crippen molar-refractivity contribution in [3.05, 3.63) is 89.5 Å². The van der Waals surface area contributed by atoms with E-state index < -0.39 is 42.1 Å². The number of pyridine rings is 2. The fourth-order valence-electron chi connectivity index (χ4n) is 3.66. The average molecular weight is 720 g/mol. The number of fused-ring (bicyclic) bond motifs is 1. The number of carbonyl (C=O) groups is 3. The number of ether oxygens (including phenoxy) is 4. The number of halogens is 7. The van der Waals surface area contributed by atoms with Crippen molar-refractivity contribution in [1.29, 1.82) is 0 Å². The largest absolute Gasteiger partial charge is 0.496 e. The standard InChI is InChI=1S/C27H26FN3O5.2C2HF3O2/c1-33-21-12-20(31-25(13-21)34-2)11-19(29)16-35-24-9-8-23-22(10-18(28)14-30-23)26(24)27(32)36-15-17-6-4-3-5-7-17;2*3-2(4,5)1(6)7/h3-10,12-14,19H,11,15-16,29H2,1-2H3;2*(H,6,7)/t19-;;/m1../s1. The molecule has 2 aromatic heterocycles. The molecule has 0 bridgehead atoms. The van der Waals surface area contributed by atoms with Gasteiger partial charge in [-0.25, -0.2) is 23.8 Å². The van der Waals surface area contributed by atoms with Gasteiger partial charge in [0, 0.05) is 35.7 Å². The highest BCUT2D eigenvalue weighted by molar-refractivity contribution is 6.06. The number of alkyl halides is 6. The third-order valence-corrected chi connectivity index (χ3v) is 5.89. The van der Waals surface area contributed by atoms with Gasteiger partial charge in [0.2, 0.25) is 5.88 Å². The first-order chi connectivity index (χ1) is 23.3. The van der Waals surface area contributed by atoms with Crippen LogP contribution in [-0.4, -0.2) is 77.3 Å². The summed E-state index contributed by atoms with van der Waals surface area (Å²) in [5.41, 5.74) is 8.31. The number of benzene rings is 2. The molecular formula is C31H28F7N3O9. The van der Waals surface area contributed by atoms with Crippen molar-refractivity contribution < 1.29 is 74.3 Å². The molecule has 19 heteroatoms. The summed E-state index contributed by atoms with van der Waals surface area (Å²) >= 11 is 0. The summed E-state index contributed by atoms with van der Waals surface area (Å²) in [7, 11) is 3.07. The molecule has 0 saturated carbocycles. The van der Waals surface area contributed by atoms with E-state index in [1.807, 2.05) is 30.3 Å². The van der Waals surface area contributed by atoms with Crippen LogP contribution in [0.3, 0.4) is 0 Å². The minimum Gasteiger partial charge on any atom is -0.496 e. The van der Waals surface area contributed by atoms with Crippen LogP contribution in [0.5, 0.6) is 17.4 Å². The maximum absolute atomic E-state index is 14.0. The van der Waals surface area contributed by atoms with E-state index in [9.17, 15) is 35.5 Å². The molecule has 12 nitrogen and oxygen atoms in total. The number of carboxylic acid groups (broad SMARTS) is 2. The molecule has 50 heavy (non-hydrogen) atoms. The summed E-state index contributed by atoms with van der Waals surface area (Å²) < 4.78 is 99.4. The molecular weight excluding hydrogens is 691 g/mol. The minimum atomic E-state index is -5.08. The van der Waals surface area contributed by atoms with Crippen LogP contribution < -0.4 is 19.9 Å². The van der Waals surface area contributed by atoms with Crippen LogP contribution in [0.2, 0.25) is 0 Å². The first-order valence-electron chi connectivity index (χ1n) is 13.7. The average Bonchev–Trinajstić information content (AvgIpc) is 3.05. The van der Waals surface area contributed by atoms with Crippen molar-refractivity contribution in [1.82, 2.24) is 9.97 Å². The molecule has 0 amide bonds.